The second-order valence-corrected chi connectivity index (χ2v) is 4.46. The predicted molar refractivity (Wildman–Crippen MR) is 56.0 cm³/mol. The van der Waals surface area contributed by atoms with Crippen LogP contribution in [0.3, 0.4) is 0 Å². The van der Waals surface area contributed by atoms with Crippen LogP contribution < -0.4 is 0 Å². The first-order chi connectivity index (χ1) is 7.33. The molecule has 0 saturated heterocycles. The number of rotatable bonds is 2. The molecule has 0 aromatic rings. The van der Waals surface area contributed by atoms with E-state index in [1.54, 1.807) is 0 Å². The second kappa shape index (κ2) is 4.01. The Kier molecular flexibility index (Phi) is 2.71. The van der Waals surface area contributed by atoms with Crippen LogP contribution >= 0.6 is 0 Å². The third-order valence-electron chi connectivity index (χ3n) is 3.95. The van der Waals surface area contributed by atoms with Crippen molar-refractivity contribution >= 4 is 0 Å². The Morgan fingerprint density at radius 3 is 1.80 bits per heavy atom. The van der Waals surface area contributed by atoms with Crippen molar-refractivity contribution in [1.82, 2.24) is 0 Å². The molecule has 0 N–H and O–H groups in total. The molecule has 0 aromatic carbocycles. The molecule has 2 aliphatic rings. The molecule has 0 bridgehead atoms. The summed E-state index contributed by atoms with van der Waals surface area (Å²) in [4.78, 5) is 5.84. The highest BCUT2D eigenvalue weighted by molar-refractivity contribution is 5.07. The van der Waals surface area contributed by atoms with Crippen molar-refractivity contribution in [2.24, 2.45) is 15.6 Å². The molecule has 0 heterocycles. The molecule has 80 valence electrons. The summed E-state index contributed by atoms with van der Waals surface area (Å²) in [5, 5.41) is 7.78. The fourth-order valence-electron chi connectivity index (χ4n) is 3.31. The molecular weight excluding hydrogens is 192 g/mol. The molecule has 2 unspecified atom stereocenters. The average Bonchev–Trinajstić information content (AvgIpc) is 2.79. The lowest BCUT2D eigenvalue weighted by Crippen LogP contribution is -2.34. The highest BCUT2D eigenvalue weighted by atomic mass is 15.2. The van der Waals surface area contributed by atoms with E-state index in [0.717, 1.165) is 38.5 Å². The quantitative estimate of drug-likeness (QED) is 0.374. The van der Waals surface area contributed by atoms with Crippen LogP contribution in [0.5, 0.6) is 0 Å². The Morgan fingerprint density at radius 1 is 0.933 bits per heavy atom. The van der Waals surface area contributed by atoms with Crippen molar-refractivity contribution in [2.75, 3.05) is 0 Å². The zero-order valence-corrected chi connectivity index (χ0v) is 8.58. The van der Waals surface area contributed by atoms with E-state index in [1.165, 1.54) is 0 Å². The van der Waals surface area contributed by atoms with E-state index >= 15 is 0 Å². The van der Waals surface area contributed by atoms with E-state index in [1.807, 2.05) is 0 Å². The van der Waals surface area contributed by atoms with E-state index in [-0.39, 0.29) is 17.5 Å². The highest BCUT2D eigenvalue weighted by Crippen LogP contribution is 2.53. The second-order valence-electron chi connectivity index (χ2n) is 4.46. The molecule has 6 heteroatoms. The van der Waals surface area contributed by atoms with Gasteiger partial charge in [0.2, 0.25) is 0 Å². The number of azide groups is 2. The van der Waals surface area contributed by atoms with Crippen LogP contribution in [0.2, 0.25) is 0 Å². The maximum Gasteiger partial charge on any atom is 0.0434 e. The largest absolute Gasteiger partial charge is 0.0900 e. The summed E-state index contributed by atoms with van der Waals surface area (Å²) in [5.74, 6) is 0. The van der Waals surface area contributed by atoms with Crippen LogP contribution in [-0.4, -0.2) is 12.1 Å². The van der Waals surface area contributed by atoms with Crippen molar-refractivity contribution in [3.05, 3.63) is 20.9 Å². The molecule has 2 saturated carbocycles. The zero-order valence-electron chi connectivity index (χ0n) is 8.58. The van der Waals surface area contributed by atoms with Crippen molar-refractivity contribution in [3.63, 3.8) is 0 Å². The van der Waals surface area contributed by atoms with Gasteiger partial charge in [-0.3, -0.25) is 0 Å². The first-order valence-electron chi connectivity index (χ1n) is 5.42. The smallest absolute Gasteiger partial charge is 0.0434 e. The Labute approximate surface area is 87.9 Å². The van der Waals surface area contributed by atoms with E-state index in [0.29, 0.717) is 0 Å². The monoisotopic (exact) mass is 206 g/mol. The third kappa shape index (κ3) is 1.52. The summed E-state index contributed by atoms with van der Waals surface area (Å²) in [5.41, 5.74) is 17.1. The normalized spacial score (nSPS) is 38.7. The van der Waals surface area contributed by atoms with Gasteiger partial charge in [0, 0.05) is 21.9 Å². The minimum atomic E-state index is -0.0154. The van der Waals surface area contributed by atoms with E-state index in [4.69, 9.17) is 11.1 Å². The average molecular weight is 206 g/mol. The highest BCUT2D eigenvalue weighted by Gasteiger charge is 2.50. The molecule has 3 atom stereocenters. The van der Waals surface area contributed by atoms with Crippen LogP contribution in [0.25, 0.3) is 20.9 Å². The molecule has 0 aliphatic heterocycles. The van der Waals surface area contributed by atoms with Gasteiger partial charge in [-0.05, 0) is 42.2 Å². The summed E-state index contributed by atoms with van der Waals surface area (Å²) in [7, 11) is 0. The molecule has 2 rings (SSSR count). The molecule has 0 aromatic heterocycles. The lowest BCUT2D eigenvalue weighted by Gasteiger charge is -2.32. The van der Waals surface area contributed by atoms with Crippen LogP contribution in [-0.2, 0) is 0 Å². The summed E-state index contributed by atoms with van der Waals surface area (Å²) in [6.45, 7) is 0. The maximum atomic E-state index is 8.54. The fraction of sp³-hybridized carbons (Fsp3) is 1.00. The van der Waals surface area contributed by atoms with Gasteiger partial charge in [-0.25, -0.2) is 0 Å². The number of nitrogens with zero attached hydrogens (tertiary/aromatic N) is 6. The Morgan fingerprint density at radius 2 is 1.40 bits per heavy atom. The zero-order chi connectivity index (χ0) is 10.7. The molecule has 0 radical (unpaired) electrons. The van der Waals surface area contributed by atoms with Crippen molar-refractivity contribution in [2.45, 2.75) is 50.6 Å². The molecule has 6 nitrogen and oxygen atoms in total. The number of hydrogen-bond donors (Lipinski definition) is 0. The van der Waals surface area contributed by atoms with E-state index < -0.39 is 0 Å². The summed E-state index contributed by atoms with van der Waals surface area (Å²) < 4.78 is 0. The van der Waals surface area contributed by atoms with Gasteiger partial charge in [0.05, 0.1) is 0 Å². The molecule has 2 aliphatic carbocycles. The van der Waals surface area contributed by atoms with Gasteiger partial charge >= 0.3 is 0 Å². The van der Waals surface area contributed by atoms with Crippen LogP contribution in [0, 0.1) is 5.41 Å². The van der Waals surface area contributed by atoms with Gasteiger partial charge in [0.1, 0.15) is 0 Å². The first kappa shape index (κ1) is 10.1. The minimum absolute atomic E-state index is 0.0154. The van der Waals surface area contributed by atoms with Gasteiger partial charge in [-0.2, -0.15) is 0 Å². The summed E-state index contributed by atoms with van der Waals surface area (Å²) >= 11 is 0. The van der Waals surface area contributed by atoms with Gasteiger partial charge < -0.3 is 0 Å². The predicted octanol–water partition coefficient (Wildman–Crippen LogP) is 3.70. The van der Waals surface area contributed by atoms with E-state index in [9.17, 15) is 0 Å². The minimum Gasteiger partial charge on any atom is -0.0900 e. The third-order valence-corrected chi connectivity index (χ3v) is 3.95. The first-order valence-corrected chi connectivity index (χ1v) is 5.42. The molecular formula is C9H14N6. The lowest BCUT2D eigenvalue weighted by molar-refractivity contribution is 0.234. The summed E-state index contributed by atoms with van der Waals surface area (Å²) in [6.07, 6.45) is 6.14. The van der Waals surface area contributed by atoms with Gasteiger partial charge in [0.15, 0.2) is 0 Å². The topological polar surface area (TPSA) is 97.5 Å². The molecule has 0 amide bonds. The van der Waals surface area contributed by atoms with Crippen LogP contribution in [0.15, 0.2) is 10.2 Å². The number of hydrogen-bond acceptors (Lipinski definition) is 2. The van der Waals surface area contributed by atoms with Crippen LogP contribution in [0.4, 0.5) is 0 Å². The Hall–Kier alpha value is -1.38. The molecule has 1 spiro atoms. The standard InChI is InChI=1S/C9H14N6/c10-14-12-7-3-1-5-9(7)6-2-4-8(9)13-15-11/h7-8H,1-6H2/t7-,8?,9?/m0/s1. The van der Waals surface area contributed by atoms with Gasteiger partial charge in [-0.15, -0.1) is 0 Å². The lowest BCUT2D eigenvalue weighted by atomic mass is 9.78. The van der Waals surface area contributed by atoms with Gasteiger partial charge in [0.25, 0.3) is 0 Å². The molecule has 15 heavy (non-hydrogen) atoms. The maximum absolute atomic E-state index is 8.54. The van der Waals surface area contributed by atoms with Gasteiger partial charge in [-0.1, -0.05) is 23.1 Å². The molecule has 2 fully saturated rings. The Balaban J connectivity index is 2.29. The van der Waals surface area contributed by atoms with Crippen molar-refractivity contribution < 1.29 is 0 Å². The summed E-state index contributed by atoms with van der Waals surface area (Å²) in [6, 6.07) is 0.0843. The SMILES string of the molecule is [N-]=[N+]=NC1CCCC12CCC[C@@H]2N=[N+]=[N-]. The van der Waals surface area contributed by atoms with Crippen molar-refractivity contribution in [3.8, 4) is 0 Å². The van der Waals surface area contributed by atoms with Crippen molar-refractivity contribution in [1.29, 1.82) is 0 Å². The fourth-order valence-corrected chi connectivity index (χ4v) is 3.31. The Bertz CT molecular complexity index is 305. The van der Waals surface area contributed by atoms with E-state index in [2.05, 4.69) is 20.1 Å². The van der Waals surface area contributed by atoms with Crippen LogP contribution in [0.1, 0.15) is 38.5 Å².